The van der Waals surface area contributed by atoms with Gasteiger partial charge in [-0.3, -0.25) is 10.1 Å². The third-order valence-corrected chi connectivity index (χ3v) is 2.84. The first kappa shape index (κ1) is 14.7. The van der Waals surface area contributed by atoms with Gasteiger partial charge in [0.1, 0.15) is 0 Å². The van der Waals surface area contributed by atoms with Crippen molar-refractivity contribution in [3.05, 3.63) is 34.4 Å². The van der Waals surface area contributed by atoms with Crippen molar-refractivity contribution in [1.82, 2.24) is 0 Å². The van der Waals surface area contributed by atoms with Crippen LogP contribution in [0.15, 0.2) is 29.2 Å². The van der Waals surface area contributed by atoms with E-state index in [1.807, 2.05) is 0 Å². The predicted octanol–water partition coefficient (Wildman–Crippen LogP) is 2.39. The average Bonchev–Trinajstić information content (AvgIpc) is 2.29. The molecule has 0 aliphatic rings. The van der Waals surface area contributed by atoms with Gasteiger partial charge in [-0.05, 0) is 12.1 Å². The normalized spacial score (nSPS) is 9.00. The first-order valence-electron chi connectivity index (χ1n) is 3.98. The Bertz CT molecular complexity index is 292. The summed E-state index contributed by atoms with van der Waals surface area (Å²) in [5, 5.41) is 18.0. The van der Waals surface area contributed by atoms with Gasteiger partial charge in [-0.1, -0.05) is 8.44 Å². The number of aliphatic hydroxyl groups is 1. The summed E-state index contributed by atoms with van der Waals surface area (Å²) in [5.41, 5.74) is 0.132. The number of nitrogens with zero attached hydrogens (tertiary/aromatic N) is 1. The molecule has 0 aliphatic carbocycles. The smallest absolute Gasteiger partial charge is 0.269 e. The van der Waals surface area contributed by atoms with Gasteiger partial charge >= 0.3 is 0 Å². The van der Waals surface area contributed by atoms with E-state index in [4.69, 9.17) is 5.11 Å². The van der Waals surface area contributed by atoms with Gasteiger partial charge in [-0.25, -0.2) is 0 Å². The molecule has 0 aliphatic heterocycles. The Balaban J connectivity index is 0.000000423. The monoisotopic (exact) mass is 265 g/mol. The average molecular weight is 265 g/mol. The zero-order chi connectivity index (χ0) is 11.7. The maximum Gasteiger partial charge on any atom is 0.269 e. The summed E-state index contributed by atoms with van der Waals surface area (Å²) in [6.07, 6.45) is 0. The Hall–Kier alpha value is -0.290. The number of rotatable bonds is 3. The molecule has 1 rings (SSSR count). The van der Waals surface area contributed by atoms with Crippen LogP contribution in [0.25, 0.3) is 0 Å². The first-order chi connectivity index (χ1) is 7.15. The number of hydrogen-bond donors (Lipinski definition) is 2. The van der Waals surface area contributed by atoms with E-state index in [9.17, 15) is 10.1 Å². The van der Waals surface area contributed by atoms with E-state index < -0.39 is 4.92 Å². The maximum absolute atomic E-state index is 10.2. The van der Waals surface area contributed by atoms with E-state index in [0.29, 0.717) is 5.75 Å². The molecule has 1 unspecified atom stereocenters. The number of thiol groups is 1. The van der Waals surface area contributed by atoms with Crippen molar-refractivity contribution < 1.29 is 10.0 Å². The Labute approximate surface area is 100.0 Å². The molecular formula is C8H12NO3PS2. The predicted molar refractivity (Wildman–Crippen MR) is 69.6 cm³/mol. The van der Waals surface area contributed by atoms with E-state index in [1.165, 1.54) is 23.5 Å². The fourth-order valence-corrected chi connectivity index (χ4v) is 1.41. The summed E-state index contributed by atoms with van der Waals surface area (Å²) < 4.78 is 0. The van der Waals surface area contributed by atoms with Gasteiger partial charge < -0.3 is 5.11 Å². The Morgan fingerprint density at radius 2 is 1.93 bits per heavy atom. The van der Waals surface area contributed by atoms with Gasteiger partial charge in [0.25, 0.3) is 5.69 Å². The van der Waals surface area contributed by atoms with E-state index in [-0.39, 0.29) is 12.3 Å². The second-order valence-electron chi connectivity index (χ2n) is 2.32. The molecule has 0 bridgehead atoms. The van der Waals surface area contributed by atoms with E-state index in [1.54, 1.807) is 12.1 Å². The van der Waals surface area contributed by atoms with Gasteiger partial charge in [-0.15, -0.1) is 11.4 Å². The molecule has 0 heterocycles. The molecule has 1 aromatic carbocycles. The third-order valence-electron chi connectivity index (χ3n) is 1.28. The summed E-state index contributed by atoms with van der Waals surface area (Å²) in [4.78, 5) is 10.8. The molecule has 0 radical (unpaired) electrons. The van der Waals surface area contributed by atoms with Crippen molar-refractivity contribution >= 4 is 38.1 Å². The molecular weight excluding hydrogens is 253 g/mol. The standard InChI is InChI=1S/C6H6NO2PS.C2H6OS/c8-7(9)5-1-3-6(11-10)4-2-5;3-1-2-4/h1-4H,10H2;3-4H,1-2H2. The van der Waals surface area contributed by atoms with Crippen LogP contribution in [-0.4, -0.2) is 22.4 Å². The second-order valence-corrected chi connectivity index (χ2v) is 4.18. The molecule has 1 atom stereocenters. The first-order valence-corrected chi connectivity index (χ1v) is 6.91. The number of nitro groups is 1. The van der Waals surface area contributed by atoms with Crippen LogP contribution < -0.4 is 0 Å². The van der Waals surface area contributed by atoms with Crippen molar-refractivity contribution in [3.63, 3.8) is 0 Å². The van der Waals surface area contributed by atoms with Crippen LogP contribution in [0.3, 0.4) is 0 Å². The lowest BCUT2D eigenvalue weighted by atomic mass is 10.3. The largest absolute Gasteiger partial charge is 0.396 e. The second kappa shape index (κ2) is 8.97. The van der Waals surface area contributed by atoms with Crippen molar-refractivity contribution in [1.29, 1.82) is 0 Å². The fourth-order valence-electron chi connectivity index (χ4n) is 0.646. The summed E-state index contributed by atoms with van der Waals surface area (Å²) in [7, 11) is 2.48. The van der Waals surface area contributed by atoms with Gasteiger partial charge in [0.15, 0.2) is 0 Å². The van der Waals surface area contributed by atoms with Gasteiger partial charge in [0.05, 0.1) is 11.5 Å². The third kappa shape index (κ3) is 6.73. The van der Waals surface area contributed by atoms with Crippen LogP contribution in [-0.2, 0) is 0 Å². The highest BCUT2D eigenvalue weighted by atomic mass is 32.7. The van der Waals surface area contributed by atoms with Crippen LogP contribution in [0.1, 0.15) is 0 Å². The van der Waals surface area contributed by atoms with Gasteiger partial charge in [0.2, 0.25) is 0 Å². The molecule has 0 saturated carbocycles. The number of nitro benzene ring substituents is 1. The van der Waals surface area contributed by atoms with Crippen molar-refractivity contribution in [3.8, 4) is 0 Å². The van der Waals surface area contributed by atoms with Crippen molar-refractivity contribution in [2.24, 2.45) is 0 Å². The zero-order valence-corrected chi connectivity index (χ0v) is 10.7. The lowest BCUT2D eigenvalue weighted by molar-refractivity contribution is -0.384. The summed E-state index contributed by atoms with van der Waals surface area (Å²) >= 11 is 5.15. The lowest BCUT2D eigenvalue weighted by Crippen LogP contribution is -1.85. The summed E-state index contributed by atoms with van der Waals surface area (Å²) in [5.74, 6) is 0.569. The highest BCUT2D eigenvalue weighted by molar-refractivity contribution is 8.43. The molecule has 1 aromatic rings. The summed E-state index contributed by atoms with van der Waals surface area (Å²) in [6.45, 7) is 0.184. The highest BCUT2D eigenvalue weighted by Gasteiger charge is 2.02. The molecule has 0 fully saturated rings. The molecule has 0 saturated heterocycles. The van der Waals surface area contributed by atoms with Crippen LogP contribution >= 0.6 is 32.5 Å². The molecule has 0 spiro atoms. The Morgan fingerprint density at radius 1 is 1.47 bits per heavy atom. The molecule has 15 heavy (non-hydrogen) atoms. The minimum atomic E-state index is -0.406. The molecule has 7 heteroatoms. The van der Waals surface area contributed by atoms with Crippen molar-refractivity contribution in [2.45, 2.75) is 4.90 Å². The van der Waals surface area contributed by atoms with Gasteiger partial charge in [0, 0.05) is 22.8 Å². The highest BCUT2D eigenvalue weighted by Crippen LogP contribution is 2.25. The Kier molecular flexibility index (Phi) is 8.80. The van der Waals surface area contributed by atoms with E-state index in [2.05, 4.69) is 21.1 Å². The lowest BCUT2D eigenvalue weighted by Gasteiger charge is -1.93. The van der Waals surface area contributed by atoms with Crippen molar-refractivity contribution in [2.75, 3.05) is 12.4 Å². The number of benzene rings is 1. The number of hydrogen-bond acceptors (Lipinski definition) is 5. The van der Waals surface area contributed by atoms with E-state index >= 15 is 0 Å². The maximum atomic E-state index is 10.2. The quantitative estimate of drug-likeness (QED) is 0.381. The minimum absolute atomic E-state index is 0.132. The summed E-state index contributed by atoms with van der Waals surface area (Å²) in [6, 6.07) is 6.42. The SMILES string of the molecule is O=[N+]([O-])c1ccc(SP)cc1.OCCS. The van der Waals surface area contributed by atoms with E-state index in [0.717, 1.165) is 4.90 Å². The zero-order valence-electron chi connectivity index (χ0n) is 7.87. The number of non-ortho nitro benzene ring substituents is 1. The molecule has 0 aromatic heterocycles. The van der Waals surface area contributed by atoms with Crippen LogP contribution in [0.2, 0.25) is 0 Å². The molecule has 1 N–H and O–H groups in total. The Morgan fingerprint density at radius 3 is 2.20 bits per heavy atom. The number of aliphatic hydroxyl groups excluding tert-OH is 1. The molecule has 4 nitrogen and oxygen atoms in total. The van der Waals surface area contributed by atoms with Gasteiger partial charge in [-0.2, -0.15) is 12.6 Å². The topological polar surface area (TPSA) is 63.4 Å². The van der Waals surface area contributed by atoms with Crippen LogP contribution in [0.5, 0.6) is 0 Å². The fraction of sp³-hybridized carbons (Fsp3) is 0.250. The molecule has 0 amide bonds. The minimum Gasteiger partial charge on any atom is -0.396 e. The van der Waals surface area contributed by atoms with Crippen LogP contribution in [0.4, 0.5) is 5.69 Å². The van der Waals surface area contributed by atoms with Crippen LogP contribution in [0, 0.1) is 10.1 Å². The molecule has 84 valence electrons.